The van der Waals surface area contributed by atoms with Crippen LogP contribution < -0.4 is 10.1 Å². The SMILES string of the molecule is Cn1cncc1C(=O)N1CCC(Oc2ccc(NC(=O)C3CCC3)cn2)CC1. The fourth-order valence-corrected chi connectivity index (χ4v) is 3.51. The van der Waals surface area contributed by atoms with Crippen molar-refractivity contribution in [2.75, 3.05) is 18.4 Å². The Morgan fingerprint density at radius 1 is 1.14 bits per heavy atom. The molecule has 1 N–H and O–H groups in total. The summed E-state index contributed by atoms with van der Waals surface area (Å²) >= 11 is 0. The van der Waals surface area contributed by atoms with E-state index in [1.54, 1.807) is 29.4 Å². The first kappa shape index (κ1) is 18.5. The lowest BCUT2D eigenvalue weighted by atomic mass is 9.85. The van der Waals surface area contributed by atoms with Crippen LogP contribution in [0.1, 0.15) is 42.6 Å². The van der Waals surface area contributed by atoms with Gasteiger partial charge in [0.1, 0.15) is 11.8 Å². The summed E-state index contributed by atoms with van der Waals surface area (Å²) in [6.45, 7) is 1.29. The maximum absolute atomic E-state index is 12.5. The number of likely N-dealkylation sites (tertiary alicyclic amines) is 1. The van der Waals surface area contributed by atoms with Crippen LogP contribution in [-0.4, -0.2) is 50.4 Å². The number of amides is 2. The minimum Gasteiger partial charge on any atom is -0.474 e. The summed E-state index contributed by atoms with van der Waals surface area (Å²) in [7, 11) is 1.82. The van der Waals surface area contributed by atoms with Gasteiger partial charge in [-0.15, -0.1) is 0 Å². The van der Waals surface area contributed by atoms with Gasteiger partial charge >= 0.3 is 0 Å². The van der Waals surface area contributed by atoms with E-state index in [4.69, 9.17) is 4.74 Å². The average molecular weight is 383 g/mol. The highest BCUT2D eigenvalue weighted by atomic mass is 16.5. The number of aromatic nitrogens is 3. The number of piperidine rings is 1. The van der Waals surface area contributed by atoms with Gasteiger partial charge in [0.05, 0.1) is 24.4 Å². The minimum absolute atomic E-state index is 0.00290. The van der Waals surface area contributed by atoms with Gasteiger partial charge in [-0.3, -0.25) is 9.59 Å². The standard InChI is InChI=1S/C20H25N5O3/c1-24-13-21-12-17(24)20(27)25-9-7-16(8-10-25)28-18-6-5-15(11-22-18)23-19(26)14-3-2-4-14/h5-6,11-14,16H,2-4,7-10H2,1H3,(H,23,26). The number of hydrogen-bond acceptors (Lipinski definition) is 5. The summed E-state index contributed by atoms with van der Waals surface area (Å²) in [5.41, 5.74) is 1.29. The number of pyridine rings is 1. The Kier molecular flexibility index (Phi) is 5.27. The van der Waals surface area contributed by atoms with E-state index in [9.17, 15) is 9.59 Å². The maximum Gasteiger partial charge on any atom is 0.272 e. The molecule has 0 atom stereocenters. The number of ether oxygens (including phenoxy) is 1. The van der Waals surface area contributed by atoms with E-state index in [1.807, 2.05) is 18.0 Å². The molecule has 2 fully saturated rings. The van der Waals surface area contributed by atoms with Gasteiger partial charge in [-0.2, -0.15) is 0 Å². The van der Waals surface area contributed by atoms with Gasteiger partial charge in [-0.1, -0.05) is 6.42 Å². The lowest BCUT2D eigenvalue weighted by molar-refractivity contribution is -0.122. The lowest BCUT2D eigenvalue weighted by Crippen LogP contribution is -2.42. The topological polar surface area (TPSA) is 89.4 Å². The van der Waals surface area contributed by atoms with Crippen LogP contribution in [0.5, 0.6) is 5.88 Å². The fourth-order valence-electron chi connectivity index (χ4n) is 3.51. The summed E-state index contributed by atoms with van der Waals surface area (Å²) in [6.07, 6.45) is 9.48. The van der Waals surface area contributed by atoms with E-state index in [0.717, 1.165) is 32.1 Å². The molecule has 1 aliphatic heterocycles. The van der Waals surface area contributed by atoms with Crippen LogP contribution in [-0.2, 0) is 11.8 Å². The monoisotopic (exact) mass is 383 g/mol. The second-order valence-corrected chi connectivity index (χ2v) is 7.50. The molecule has 3 heterocycles. The predicted molar refractivity (Wildman–Crippen MR) is 103 cm³/mol. The molecule has 1 saturated carbocycles. The molecule has 0 spiro atoms. The molecule has 1 aliphatic carbocycles. The second kappa shape index (κ2) is 8.00. The van der Waals surface area contributed by atoms with Gasteiger partial charge < -0.3 is 19.5 Å². The van der Waals surface area contributed by atoms with Crippen LogP contribution in [0.25, 0.3) is 0 Å². The quantitative estimate of drug-likeness (QED) is 0.855. The number of anilines is 1. The number of hydrogen-bond donors (Lipinski definition) is 1. The number of carbonyl (C=O) groups is 2. The van der Waals surface area contributed by atoms with Crippen LogP contribution in [0.3, 0.4) is 0 Å². The Morgan fingerprint density at radius 3 is 2.50 bits per heavy atom. The molecule has 0 unspecified atom stereocenters. The predicted octanol–water partition coefficient (Wildman–Crippen LogP) is 2.24. The van der Waals surface area contributed by atoms with Gasteiger partial charge in [-0.05, 0) is 18.9 Å². The Hall–Kier alpha value is -2.90. The highest BCUT2D eigenvalue weighted by Gasteiger charge is 2.27. The minimum atomic E-state index is 0.00290. The van der Waals surface area contributed by atoms with E-state index in [1.165, 1.54) is 0 Å². The highest BCUT2D eigenvalue weighted by molar-refractivity contribution is 5.93. The van der Waals surface area contributed by atoms with Crippen LogP contribution in [0.15, 0.2) is 30.9 Å². The smallest absolute Gasteiger partial charge is 0.272 e. The number of carbonyl (C=O) groups excluding carboxylic acids is 2. The third-order valence-corrected chi connectivity index (χ3v) is 5.53. The molecule has 4 rings (SSSR count). The van der Waals surface area contributed by atoms with Crippen molar-refractivity contribution >= 4 is 17.5 Å². The summed E-state index contributed by atoms with van der Waals surface area (Å²) < 4.78 is 7.69. The summed E-state index contributed by atoms with van der Waals surface area (Å²) in [6, 6.07) is 3.60. The Balaban J connectivity index is 1.26. The molecule has 2 aromatic heterocycles. The molecule has 8 heteroatoms. The largest absolute Gasteiger partial charge is 0.474 e. The van der Waals surface area contributed by atoms with Crippen molar-refractivity contribution in [3.63, 3.8) is 0 Å². The van der Waals surface area contributed by atoms with Crippen LogP contribution >= 0.6 is 0 Å². The second-order valence-electron chi connectivity index (χ2n) is 7.50. The molecule has 148 valence electrons. The lowest BCUT2D eigenvalue weighted by Gasteiger charge is -2.31. The fraction of sp³-hybridized carbons (Fsp3) is 0.500. The van der Waals surface area contributed by atoms with E-state index >= 15 is 0 Å². The molecule has 1 saturated heterocycles. The van der Waals surface area contributed by atoms with Crippen LogP contribution in [0, 0.1) is 5.92 Å². The molecule has 0 radical (unpaired) electrons. The number of nitrogens with one attached hydrogen (secondary N) is 1. The van der Waals surface area contributed by atoms with Crippen molar-refractivity contribution in [3.05, 3.63) is 36.5 Å². The highest BCUT2D eigenvalue weighted by Crippen LogP contribution is 2.27. The molecule has 2 aromatic rings. The van der Waals surface area contributed by atoms with Gasteiger partial charge in [0, 0.05) is 45.0 Å². The summed E-state index contributed by atoms with van der Waals surface area (Å²) in [5.74, 6) is 0.767. The third-order valence-electron chi connectivity index (χ3n) is 5.53. The first-order valence-corrected chi connectivity index (χ1v) is 9.79. The zero-order valence-corrected chi connectivity index (χ0v) is 16.0. The van der Waals surface area contributed by atoms with E-state index in [0.29, 0.717) is 30.4 Å². The van der Waals surface area contributed by atoms with Crippen molar-refractivity contribution in [2.24, 2.45) is 13.0 Å². The van der Waals surface area contributed by atoms with E-state index in [2.05, 4.69) is 15.3 Å². The molecule has 0 aromatic carbocycles. The Morgan fingerprint density at radius 2 is 1.93 bits per heavy atom. The van der Waals surface area contributed by atoms with Crippen molar-refractivity contribution in [1.82, 2.24) is 19.4 Å². The number of nitrogens with zero attached hydrogens (tertiary/aromatic N) is 4. The van der Waals surface area contributed by atoms with Crippen molar-refractivity contribution < 1.29 is 14.3 Å². The Bertz CT molecular complexity index is 836. The van der Waals surface area contributed by atoms with Gasteiger partial charge in [0.25, 0.3) is 5.91 Å². The first-order valence-electron chi connectivity index (χ1n) is 9.79. The zero-order valence-electron chi connectivity index (χ0n) is 16.0. The van der Waals surface area contributed by atoms with Crippen molar-refractivity contribution in [2.45, 2.75) is 38.2 Å². The summed E-state index contributed by atoms with van der Waals surface area (Å²) in [4.78, 5) is 34.7. The average Bonchev–Trinajstić information content (AvgIpc) is 3.08. The van der Waals surface area contributed by atoms with E-state index in [-0.39, 0.29) is 23.8 Å². The molecule has 8 nitrogen and oxygen atoms in total. The number of rotatable bonds is 5. The third kappa shape index (κ3) is 4.00. The molecule has 2 amide bonds. The zero-order chi connectivity index (χ0) is 19.5. The number of aryl methyl sites for hydroxylation is 1. The number of imidazole rings is 1. The van der Waals surface area contributed by atoms with Crippen LogP contribution in [0.4, 0.5) is 5.69 Å². The molecule has 0 bridgehead atoms. The molecular weight excluding hydrogens is 358 g/mol. The summed E-state index contributed by atoms with van der Waals surface area (Å²) in [5, 5.41) is 2.90. The molecule has 2 aliphatic rings. The van der Waals surface area contributed by atoms with Crippen molar-refractivity contribution in [3.8, 4) is 5.88 Å². The van der Waals surface area contributed by atoms with Crippen LogP contribution in [0.2, 0.25) is 0 Å². The van der Waals surface area contributed by atoms with Gasteiger partial charge in [0.15, 0.2) is 0 Å². The first-order chi connectivity index (χ1) is 13.6. The molecular formula is C20H25N5O3. The molecule has 28 heavy (non-hydrogen) atoms. The van der Waals surface area contributed by atoms with Gasteiger partial charge in [-0.25, -0.2) is 9.97 Å². The maximum atomic E-state index is 12.5. The van der Waals surface area contributed by atoms with E-state index < -0.39 is 0 Å². The van der Waals surface area contributed by atoms with Gasteiger partial charge in [0.2, 0.25) is 11.8 Å². The van der Waals surface area contributed by atoms with Crippen molar-refractivity contribution in [1.29, 1.82) is 0 Å². The Labute approximate surface area is 163 Å². The normalized spacial score (nSPS) is 17.8.